The number of pyridine rings is 1. The Morgan fingerprint density at radius 3 is 2.45 bits per heavy atom. The number of carboxylic acids is 1. The molecule has 1 saturated heterocycles. The van der Waals surface area contributed by atoms with Gasteiger partial charge in [0.1, 0.15) is 42.1 Å². The molecule has 11 nitrogen and oxygen atoms in total. The molecule has 1 aliphatic heterocycles. The summed E-state index contributed by atoms with van der Waals surface area (Å²) in [5.41, 5.74) is 5.29. The maximum atomic E-state index is 12.0. The second-order valence-electron chi connectivity index (χ2n) is 13.7. The van der Waals surface area contributed by atoms with E-state index in [0.717, 1.165) is 66.0 Å². The second kappa shape index (κ2) is 17.9. The number of aliphatic hydroxyl groups excluding tert-OH is 2. The molecular formula is C41H47ClN4O7. The van der Waals surface area contributed by atoms with Gasteiger partial charge in [-0.3, -0.25) is 14.7 Å². The fraction of sp³-hybridized carbons (Fsp3) is 0.390. The van der Waals surface area contributed by atoms with Gasteiger partial charge in [-0.05, 0) is 86.7 Å². The summed E-state index contributed by atoms with van der Waals surface area (Å²) in [6.07, 6.45) is 4.56. The molecule has 4 aromatic rings. The van der Waals surface area contributed by atoms with E-state index in [2.05, 4.69) is 41.9 Å². The van der Waals surface area contributed by atoms with Crippen molar-refractivity contribution in [3.8, 4) is 34.4 Å². The SMILES string of the molecule is Cc1c(COc2cc(OCc3cncc(C#N)c3)c(CN(C)C(C)(CO)C(=O)O)cc2Cl)cccc1-c1cccc(OCCCN2CC[C@@H](O)C2)c1C. The first kappa shape index (κ1) is 39.5. The number of ether oxygens (including phenoxy) is 3. The summed E-state index contributed by atoms with van der Waals surface area (Å²) in [7, 11) is 1.61. The Labute approximate surface area is 315 Å². The fourth-order valence-corrected chi connectivity index (χ4v) is 6.59. The number of benzene rings is 3. The van der Waals surface area contributed by atoms with Crippen molar-refractivity contribution in [1.82, 2.24) is 14.8 Å². The van der Waals surface area contributed by atoms with Crippen molar-refractivity contribution >= 4 is 17.6 Å². The predicted octanol–water partition coefficient (Wildman–Crippen LogP) is 6.15. The van der Waals surface area contributed by atoms with Gasteiger partial charge in [-0.25, -0.2) is 0 Å². The number of carboxylic acid groups (broad SMARTS) is 1. The maximum absolute atomic E-state index is 12.0. The van der Waals surface area contributed by atoms with Crippen LogP contribution >= 0.6 is 11.6 Å². The number of rotatable bonds is 17. The third-order valence-corrected chi connectivity index (χ3v) is 10.3. The second-order valence-corrected chi connectivity index (χ2v) is 14.1. The zero-order valence-corrected chi connectivity index (χ0v) is 31.4. The summed E-state index contributed by atoms with van der Waals surface area (Å²) < 4.78 is 18.8. The molecule has 1 unspecified atom stereocenters. The van der Waals surface area contributed by atoms with Crippen LogP contribution in [0, 0.1) is 25.2 Å². The van der Waals surface area contributed by atoms with E-state index in [9.17, 15) is 25.4 Å². The maximum Gasteiger partial charge on any atom is 0.326 e. The lowest BCUT2D eigenvalue weighted by Crippen LogP contribution is -2.52. The first-order valence-corrected chi connectivity index (χ1v) is 18.0. The summed E-state index contributed by atoms with van der Waals surface area (Å²) in [6, 6.07) is 19.3. The lowest BCUT2D eigenvalue weighted by molar-refractivity contribution is -0.152. The highest BCUT2D eigenvalue weighted by atomic mass is 35.5. The molecule has 1 fully saturated rings. The molecule has 53 heavy (non-hydrogen) atoms. The molecule has 0 spiro atoms. The van der Waals surface area contributed by atoms with Crippen LogP contribution in [0.2, 0.25) is 5.02 Å². The van der Waals surface area contributed by atoms with Crippen molar-refractivity contribution in [2.75, 3.05) is 39.9 Å². The van der Waals surface area contributed by atoms with Gasteiger partial charge in [0.15, 0.2) is 0 Å². The van der Waals surface area contributed by atoms with Gasteiger partial charge in [-0.1, -0.05) is 41.9 Å². The van der Waals surface area contributed by atoms with Gasteiger partial charge in [0.2, 0.25) is 0 Å². The van der Waals surface area contributed by atoms with Crippen molar-refractivity contribution < 1.29 is 34.3 Å². The monoisotopic (exact) mass is 742 g/mol. The fourth-order valence-electron chi connectivity index (χ4n) is 6.35. The smallest absolute Gasteiger partial charge is 0.326 e. The molecule has 0 aliphatic carbocycles. The molecule has 5 rings (SSSR count). The average Bonchev–Trinajstić information content (AvgIpc) is 3.57. The minimum atomic E-state index is -1.55. The van der Waals surface area contributed by atoms with E-state index in [-0.39, 0.29) is 25.9 Å². The van der Waals surface area contributed by atoms with Gasteiger partial charge in [-0.15, -0.1) is 0 Å². The van der Waals surface area contributed by atoms with E-state index in [1.807, 2.05) is 24.3 Å². The van der Waals surface area contributed by atoms with Crippen LogP contribution in [0.4, 0.5) is 0 Å². The Morgan fingerprint density at radius 2 is 1.75 bits per heavy atom. The Hall–Kier alpha value is -4.70. The number of likely N-dealkylation sites (N-methyl/N-ethyl adjacent to an activating group) is 1. The molecule has 1 aromatic heterocycles. The third-order valence-electron chi connectivity index (χ3n) is 9.98. The molecule has 280 valence electrons. The number of aliphatic carboxylic acids is 1. The van der Waals surface area contributed by atoms with Gasteiger partial charge in [0.05, 0.1) is 29.9 Å². The van der Waals surface area contributed by atoms with Crippen molar-refractivity contribution in [2.24, 2.45) is 0 Å². The van der Waals surface area contributed by atoms with Crippen molar-refractivity contribution in [2.45, 2.75) is 65.0 Å². The highest BCUT2D eigenvalue weighted by Gasteiger charge is 2.37. The summed E-state index contributed by atoms with van der Waals surface area (Å²) in [6.45, 7) is 8.52. The molecule has 2 heterocycles. The topological polar surface area (TPSA) is 149 Å². The average molecular weight is 743 g/mol. The van der Waals surface area contributed by atoms with Gasteiger partial charge in [0.25, 0.3) is 0 Å². The number of hydrogen-bond acceptors (Lipinski definition) is 10. The Kier molecular flexibility index (Phi) is 13.3. The van der Waals surface area contributed by atoms with Gasteiger partial charge in [0, 0.05) is 55.8 Å². The van der Waals surface area contributed by atoms with Crippen LogP contribution in [0.5, 0.6) is 17.2 Å². The zero-order valence-electron chi connectivity index (χ0n) is 30.6. The number of β-amino-alcohol motifs (C(OH)–C–C–N with tert-alkyl or cyclic N) is 1. The molecule has 0 amide bonds. The summed E-state index contributed by atoms with van der Waals surface area (Å²) in [4.78, 5) is 19.9. The summed E-state index contributed by atoms with van der Waals surface area (Å²) in [5.74, 6) is 0.450. The first-order chi connectivity index (χ1) is 25.4. The number of aromatic nitrogens is 1. The minimum Gasteiger partial charge on any atom is -0.493 e. The first-order valence-electron chi connectivity index (χ1n) is 17.6. The Balaban J connectivity index is 1.34. The Bertz CT molecular complexity index is 1950. The van der Waals surface area contributed by atoms with Crippen molar-refractivity contribution in [3.63, 3.8) is 0 Å². The Morgan fingerprint density at radius 1 is 1.02 bits per heavy atom. The van der Waals surface area contributed by atoms with Crippen molar-refractivity contribution in [1.29, 1.82) is 5.26 Å². The largest absolute Gasteiger partial charge is 0.493 e. The summed E-state index contributed by atoms with van der Waals surface area (Å²) >= 11 is 6.78. The third kappa shape index (κ3) is 9.65. The molecule has 2 atom stereocenters. The number of halogens is 1. The molecule has 1 aliphatic rings. The molecule has 0 radical (unpaired) electrons. The van der Waals surface area contributed by atoms with Crippen molar-refractivity contribution in [3.05, 3.63) is 105 Å². The molecular weight excluding hydrogens is 696 g/mol. The standard InChI is InChI=1S/C41H47ClN4O7/c1-27-31(8-5-9-34(27)35-10-6-11-37(28(35)2)51-15-7-13-46-14-12-33(48)23-46)25-53-39-18-38(52-24-30-16-29(19-43)20-44-21-30)32(17-36(39)42)22-45(4)41(3,26-47)40(49)50/h5-6,8-11,16-18,20-21,33,47-48H,7,12-15,22-26H2,1-4H3,(H,49,50)/t33-,41?/m1/s1. The number of nitrogens with zero attached hydrogens (tertiary/aromatic N) is 4. The van der Waals surface area contributed by atoms with Crippen LogP contribution in [0.1, 0.15) is 53.1 Å². The quantitative estimate of drug-likeness (QED) is 0.107. The highest BCUT2D eigenvalue weighted by Crippen LogP contribution is 2.37. The van der Waals surface area contributed by atoms with E-state index < -0.39 is 18.1 Å². The van der Waals surface area contributed by atoms with Crippen LogP contribution in [-0.2, 0) is 24.6 Å². The number of nitriles is 1. The molecule has 0 saturated carbocycles. The number of hydrogen-bond donors (Lipinski definition) is 3. The van der Waals surface area contributed by atoms with Gasteiger partial charge < -0.3 is 34.4 Å². The van der Waals surface area contributed by atoms with Gasteiger partial charge >= 0.3 is 5.97 Å². The van der Waals surface area contributed by atoms with Crippen LogP contribution in [0.3, 0.4) is 0 Å². The van der Waals surface area contributed by atoms with Crippen LogP contribution < -0.4 is 14.2 Å². The molecule has 12 heteroatoms. The number of likely N-dealkylation sites (tertiary alicyclic amines) is 1. The van der Waals surface area contributed by atoms with Gasteiger partial charge in [-0.2, -0.15) is 5.26 Å². The predicted molar refractivity (Wildman–Crippen MR) is 202 cm³/mol. The lowest BCUT2D eigenvalue weighted by atomic mass is 9.93. The highest BCUT2D eigenvalue weighted by molar-refractivity contribution is 6.32. The van der Waals surface area contributed by atoms with E-state index in [0.29, 0.717) is 39.8 Å². The number of aliphatic hydroxyl groups is 2. The van der Waals surface area contributed by atoms with E-state index in [1.165, 1.54) is 18.0 Å². The normalized spacial score (nSPS) is 15.6. The zero-order chi connectivity index (χ0) is 38.1. The van der Waals surface area contributed by atoms with Crippen LogP contribution in [0.25, 0.3) is 11.1 Å². The molecule has 3 N–H and O–H groups in total. The summed E-state index contributed by atoms with van der Waals surface area (Å²) in [5, 5.41) is 39.2. The van der Waals surface area contributed by atoms with E-state index >= 15 is 0 Å². The van der Waals surface area contributed by atoms with E-state index in [4.69, 9.17) is 25.8 Å². The molecule has 3 aromatic carbocycles. The number of carbonyl (C=O) groups is 1. The molecule has 0 bridgehead atoms. The van der Waals surface area contributed by atoms with E-state index in [1.54, 1.807) is 31.4 Å². The van der Waals surface area contributed by atoms with Crippen LogP contribution in [-0.4, -0.2) is 87.6 Å². The lowest BCUT2D eigenvalue weighted by Gasteiger charge is -2.33. The van der Waals surface area contributed by atoms with Crippen LogP contribution in [0.15, 0.2) is 67.0 Å². The minimum absolute atomic E-state index is 0.0857.